The molecule has 1 fully saturated rings. The molecule has 4 nitrogen and oxygen atoms in total. The molecular formula is C26H31F3N4. The van der Waals surface area contributed by atoms with E-state index in [0.29, 0.717) is 17.4 Å². The van der Waals surface area contributed by atoms with Gasteiger partial charge >= 0.3 is 6.18 Å². The second-order valence-corrected chi connectivity index (χ2v) is 8.83. The summed E-state index contributed by atoms with van der Waals surface area (Å²) < 4.78 is 38.4. The summed E-state index contributed by atoms with van der Waals surface area (Å²) in [6.07, 6.45) is 0.141. The second-order valence-electron chi connectivity index (χ2n) is 8.83. The van der Waals surface area contributed by atoms with Crippen LogP contribution in [0.4, 0.5) is 13.2 Å². The quantitative estimate of drug-likeness (QED) is 0.434. The van der Waals surface area contributed by atoms with E-state index < -0.39 is 11.7 Å². The number of benzene rings is 2. The van der Waals surface area contributed by atoms with Gasteiger partial charge in [-0.15, -0.1) is 0 Å². The van der Waals surface area contributed by atoms with Crippen molar-refractivity contribution < 1.29 is 13.2 Å². The Morgan fingerprint density at radius 1 is 1.03 bits per heavy atom. The van der Waals surface area contributed by atoms with Crippen LogP contribution in [-0.4, -0.2) is 40.5 Å². The molecular weight excluding hydrogens is 425 g/mol. The van der Waals surface area contributed by atoms with Gasteiger partial charge in [-0.25, -0.2) is 4.98 Å². The maximum Gasteiger partial charge on any atom is 0.416 e. The Balaban J connectivity index is 1.23. The van der Waals surface area contributed by atoms with E-state index in [4.69, 9.17) is 0 Å². The van der Waals surface area contributed by atoms with Gasteiger partial charge in [0.05, 0.1) is 11.3 Å². The van der Waals surface area contributed by atoms with Crippen LogP contribution in [0.5, 0.6) is 0 Å². The number of alkyl halides is 3. The molecule has 0 spiro atoms. The molecule has 0 amide bonds. The molecule has 0 radical (unpaired) electrons. The Morgan fingerprint density at radius 2 is 1.73 bits per heavy atom. The van der Waals surface area contributed by atoms with Crippen molar-refractivity contribution in [2.24, 2.45) is 0 Å². The SMILES string of the molecule is Cc1[nH]c(-c2ccc(C(F)(F)F)cc2)nc1CN1CCC(NCCCc2ccccc2)CC1. The molecule has 2 aromatic carbocycles. The normalized spacial score (nSPS) is 15.8. The van der Waals surface area contributed by atoms with E-state index in [9.17, 15) is 13.2 Å². The number of piperidine rings is 1. The largest absolute Gasteiger partial charge is 0.416 e. The van der Waals surface area contributed by atoms with Crippen molar-refractivity contribution in [2.75, 3.05) is 19.6 Å². The van der Waals surface area contributed by atoms with Crippen molar-refractivity contribution in [3.8, 4) is 11.4 Å². The summed E-state index contributed by atoms with van der Waals surface area (Å²) in [5.74, 6) is 0.617. The zero-order valence-electron chi connectivity index (χ0n) is 19.0. The van der Waals surface area contributed by atoms with Crippen LogP contribution in [0.1, 0.15) is 41.8 Å². The highest BCUT2D eigenvalue weighted by molar-refractivity contribution is 5.56. The standard InChI is InChI=1S/C26H31F3N4/c1-19-24(32-25(31-19)21-9-11-22(12-10-21)26(27,28)29)18-33-16-13-23(14-17-33)30-15-5-8-20-6-3-2-4-7-20/h2-4,6-7,9-12,23,30H,5,8,13-18H2,1H3,(H,31,32). The van der Waals surface area contributed by atoms with Gasteiger partial charge in [-0.2, -0.15) is 13.2 Å². The first kappa shape index (κ1) is 23.5. The monoisotopic (exact) mass is 456 g/mol. The molecule has 1 aromatic heterocycles. The summed E-state index contributed by atoms with van der Waals surface area (Å²) in [7, 11) is 0. The number of aromatic nitrogens is 2. The van der Waals surface area contributed by atoms with Crippen LogP contribution in [0.15, 0.2) is 54.6 Å². The first-order valence-electron chi connectivity index (χ1n) is 11.6. The predicted molar refractivity (Wildman–Crippen MR) is 125 cm³/mol. The number of hydrogen-bond acceptors (Lipinski definition) is 3. The summed E-state index contributed by atoms with van der Waals surface area (Å²) in [5, 5.41) is 3.70. The number of rotatable bonds is 8. The lowest BCUT2D eigenvalue weighted by Gasteiger charge is -2.32. The van der Waals surface area contributed by atoms with Crippen molar-refractivity contribution in [2.45, 2.75) is 51.4 Å². The van der Waals surface area contributed by atoms with Gasteiger partial charge < -0.3 is 10.3 Å². The van der Waals surface area contributed by atoms with Crippen molar-refractivity contribution in [1.29, 1.82) is 0 Å². The number of H-pyrrole nitrogens is 1. The van der Waals surface area contributed by atoms with Crippen LogP contribution in [0.3, 0.4) is 0 Å². The van der Waals surface area contributed by atoms with Gasteiger partial charge in [0.15, 0.2) is 0 Å². The van der Waals surface area contributed by atoms with E-state index >= 15 is 0 Å². The number of hydrogen-bond donors (Lipinski definition) is 2. The molecule has 2 heterocycles. The summed E-state index contributed by atoms with van der Waals surface area (Å²) in [4.78, 5) is 10.3. The van der Waals surface area contributed by atoms with E-state index in [-0.39, 0.29) is 0 Å². The molecule has 0 atom stereocenters. The number of nitrogens with zero attached hydrogens (tertiary/aromatic N) is 2. The summed E-state index contributed by atoms with van der Waals surface area (Å²) >= 11 is 0. The van der Waals surface area contributed by atoms with E-state index in [0.717, 1.165) is 75.4 Å². The molecule has 0 unspecified atom stereocenters. The Hall–Kier alpha value is -2.64. The van der Waals surface area contributed by atoms with Gasteiger partial charge in [0.2, 0.25) is 0 Å². The third-order valence-electron chi connectivity index (χ3n) is 6.35. The fourth-order valence-corrected chi connectivity index (χ4v) is 4.35. The van der Waals surface area contributed by atoms with Gasteiger partial charge in [-0.1, -0.05) is 42.5 Å². The molecule has 0 aliphatic carbocycles. The van der Waals surface area contributed by atoms with Crippen LogP contribution in [0.2, 0.25) is 0 Å². The molecule has 33 heavy (non-hydrogen) atoms. The Kier molecular flexibility index (Phi) is 7.50. The maximum atomic E-state index is 12.8. The zero-order valence-corrected chi connectivity index (χ0v) is 19.0. The topological polar surface area (TPSA) is 44.0 Å². The molecule has 176 valence electrons. The molecule has 1 aliphatic heterocycles. The lowest BCUT2D eigenvalue weighted by Crippen LogP contribution is -2.42. The van der Waals surface area contributed by atoms with Crippen molar-refractivity contribution >= 4 is 0 Å². The third kappa shape index (κ3) is 6.45. The lowest BCUT2D eigenvalue weighted by atomic mass is 10.0. The fraction of sp³-hybridized carbons (Fsp3) is 0.423. The Morgan fingerprint density at radius 3 is 2.39 bits per heavy atom. The highest BCUT2D eigenvalue weighted by Crippen LogP contribution is 2.30. The number of imidazole rings is 1. The minimum atomic E-state index is -4.33. The van der Waals surface area contributed by atoms with Gasteiger partial charge in [0.1, 0.15) is 5.82 Å². The van der Waals surface area contributed by atoms with E-state index in [1.165, 1.54) is 17.7 Å². The number of nitrogens with one attached hydrogen (secondary N) is 2. The van der Waals surface area contributed by atoms with Gasteiger partial charge in [-0.05, 0) is 56.8 Å². The summed E-state index contributed by atoms with van der Waals surface area (Å²) in [5.41, 5.74) is 3.33. The minimum Gasteiger partial charge on any atom is -0.342 e. The number of likely N-dealkylation sites (tertiary alicyclic amines) is 1. The molecule has 7 heteroatoms. The highest BCUT2D eigenvalue weighted by atomic mass is 19.4. The highest BCUT2D eigenvalue weighted by Gasteiger charge is 2.30. The van der Waals surface area contributed by atoms with Gasteiger partial charge in [0.25, 0.3) is 0 Å². The first-order valence-corrected chi connectivity index (χ1v) is 11.6. The molecule has 0 bridgehead atoms. The smallest absolute Gasteiger partial charge is 0.342 e. The average molecular weight is 457 g/mol. The number of halogens is 3. The second kappa shape index (κ2) is 10.5. The Labute approximate surface area is 193 Å². The van der Waals surface area contributed by atoms with E-state index in [1.54, 1.807) is 0 Å². The van der Waals surface area contributed by atoms with Crippen molar-refractivity contribution in [3.05, 3.63) is 77.1 Å². The first-order chi connectivity index (χ1) is 15.9. The lowest BCUT2D eigenvalue weighted by molar-refractivity contribution is -0.137. The number of aryl methyl sites for hydroxylation is 2. The Bertz CT molecular complexity index is 1000. The van der Waals surface area contributed by atoms with Crippen LogP contribution < -0.4 is 5.32 Å². The summed E-state index contributed by atoms with van der Waals surface area (Å²) in [6, 6.07) is 16.3. The van der Waals surface area contributed by atoms with Gasteiger partial charge in [0, 0.05) is 36.9 Å². The van der Waals surface area contributed by atoms with E-state index in [1.807, 2.05) is 6.92 Å². The maximum absolute atomic E-state index is 12.8. The summed E-state index contributed by atoms with van der Waals surface area (Å²) in [6.45, 7) is 5.78. The molecule has 1 saturated heterocycles. The average Bonchev–Trinajstić information content (AvgIpc) is 3.18. The molecule has 0 saturated carbocycles. The molecule has 4 rings (SSSR count). The van der Waals surface area contributed by atoms with Crippen LogP contribution in [-0.2, 0) is 19.1 Å². The third-order valence-corrected chi connectivity index (χ3v) is 6.35. The molecule has 1 aliphatic rings. The van der Waals surface area contributed by atoms with Crippen molar-refractivity contribution in [3.63, 3.8) is 0 Å². The van der Waals surface area contributed by atoms with Crippen LogP contribution in [0, 0.1) is 6.92 Å². The molecule has 3 aromatic rings. The van der Waals surface area contributed by atoms with E-state index in [2.05, 4.69) is 50.5 Å². The minimum absolute atomic E-state index is 0.556. The van der Waals surface area contributed by atoms with Crippen molar-refractivity contribution in [1.82, 2.24) is 20.2 Å². The predicted octanol–water partition coefficient (Wildman–Crippen LogP) is 5.59. The molecule has 2 N–H and O–H groups in total. The fourth-order valence-electron chi connectivity index (χ4n) is 4.35. The van der Waals surface area contributed by atoms with Crippen LogP contribution in [0.25, 0.3) is 11.4 Å². The van der Waals surface area contributed by atoms with Gasteiger partial charge in [-0.3, -0.25) is 4.90 Å². The zero-order chi connectivity index (χ0) is 23.3. The number of aromatic amines is 1. The van der Waals surface area contributed by atoms with Crippen LogP contribution >= 0.6 is 0 Å².